The van der Waals surface area contributed by atoms with Crippen molar-refractivity contribution in [2.75, 3.05) is 11.9 Å². The number of aromatic nitrogens is 1. The van der Waals surface area contributed by atoms with Crippen LogP contribution in [0.15, 0.2) is 51.8 Å². The Bertz CT molecular complexity index is 967. The van der Waals surface area contributed by atoms with E-state index < -0.39 is 11.5 Å². The Hall–Kier alpha value is -2.86. The third-order valence-corrected chi connectivity index (χ3v) is 3.62. The van der Waals surface area contributed by atoms with E-state index in [1.165, 1.54) is 12.3 Å². The lowest BCUT2D eigenvalue weighted by Crippen LogP contribution is -2.21. The van der Waals surface area contributed by atoms with Gasteiger partial charge in [0.1, 0.15) is 22.7 Å². The Labute approximate surface area is 148 Å². The number of fused-ring (bicyclic) bond motifs is 1. The third-order valence-electron chi connectivity index (χ3n) is 3.39. The van der Waals surface area contributed by atoms with Crippen LogP contribution in [0.2, 0.25) is 5.02 Å². The second kappa shape index (κ2) is 7.36. The zero-order chi connectivity index (χ0) is 17.8. The summed E-state index contributed by atoms with van der Waals surface area (Å²) in [5, 5.41) is 3.61. The van der Waals surface area contributed by atoms with Gasteiger partial charge < -0.3 is 14.5 Å². The number of carbonyl (C=O) groups is 1. The lowest BCUT2D eigenvalue weighted by Gasteiger charge is -2.07. The van der Waals surface area contributed by atoms with Gasteiger partial charge in [-0.1, -0.05) is 18.5 Å². The average Bonchev–Trinajstić information content (AvgIpc) is 2.61. The van der Waals surface area contributed by atoms with Crippen molar-refractivity contribution < 1.29 is 13.9 Å². The Morgan fingerprint density at radius 3 is 2.84 bits per heavy atom. The van der Waals surface area contributed by atoms with E-state index in [0.29, 0.717) is 28.3 Å². The minimum Gasteiger partial charge on any atom is -0.493 e. The molecule has 1 amide bonds. The van der Waals surface area contributed by atoms with Gasteiger partial charge in [-0.05, 0) is 36.8 Å². The maximum atomic E-state index is 12.3. The van der Waals surface area contributed by atoms with Gasteiger partial charge in [0, 0.05) is 17.6 Å². The molecule has 128 valence electrons. The van der Waals surface area contributed by atoms with Crippen molar-refractivity contribution >= 4 is 34.3 Å². The van der Waals surface area contributed by atoms with Crippen LogP contribution in [0.4, 0.5) is 5.82 Å². The van der Waals surface area contributed by atoms with Crippen LogP contribution in [-0.4, -0.2) is 17.5 Å². The molecule has 0 aliphatic rings. The highest BCUT2D eigenvalue weighted by atomic mass is 35.5. The van der Waals surface area contributed by atoms with Gasteiger partial charge in [-0.2, -0.15) is 0 Å². The lowest BCUT2D eigenvalue weighted by molar-refractivity contribution is 0.102. The molecule has 0 bridgehead atoms. The van der Waals surface area contributed by atoms with Crippen LogP contribution in [-0.2, 0) is 0 Å². The molecule has 25 heavy (non-hydrogen) atoms. The predicted molar refractivity (Wildman–Crippen MR) is 95.5 cm³/mol. The number of benzene rings is 1. The Morgan fingerprint density at radius 1 is 1.28 bits per heavy atom. The number of rotatable bonds is 5. The number of halogens is 1. The van der Waals surface area contributed by atoms with Crippen LogP contribution in [0.1, 0.15) is 23.7 Å². The molecule has 0 saturated heterocycles. The van der Waals surface area contributed by atoms with E-state index in [-0.39, 0.29) is 11.4 Å². The summed E-state index contributed by atoms with van der Waals surface area (Å²) >= 11 is 5.75. The van der Waals surface area contributed by atoms with Crippen molar-refractivity contribution in [3.05, 3.63) is 63.6 Å². The molecule has 0 aliphatic heterocycles. The highest BCUT2D eigenvalue weighted by Crippen LogP contribution is 2.21. The van der Waals surface area contributed by atoms with Gasteiger partial charge in [-0.3, -0.25) is 4.79 Å². The van der Waals surface area contributed by atoms with Gasteiger partial charge >= 0.3 is 5.63 Å². The van der Waals surface area contributed by atoms with Crippen LogP contribution in [0.25, 0.3) is 11.0 Å². The number of nitrogens with one attached hydrogen (secondary N) is 1. The molecule has 1 N–H and O–H groups in total. The van der Waals surface area contributed by atoms with Crippen LogP contribution in [0.3, 0.4) is 0 Å². The number of anilines is 1. The summed E-state index contributed by atoms with van der Waals surface area (Å²) in [7, 11) is 0. The average molecular weight is 359 g/mol. The number of hydrogen-bond donors (Lipinski definition) is 1. The first kappa shape index (κ1) is 17.0. The summed E-state index contributed by atoms with van der Waals surface area (Å²) in [6, 6.07) is 9.75. The minimum atomic E-state index is -0.730. The molecule has 2 aromatic heterocycles. The summed E-state index contributed by atoms with van der Waals surface area (Å²) in [5.74, 6) is 0.300. The van der Waals surface area contributed by atoms with E-state index in [1.54, 1.807) is 30.3 Å². The molecule has 3 rings (SSSR count). The second-order valence-corrected chi connectivity index (χ2v) is 5.75. The van der Waals surface area contributed by atoms with Gasteiger partial charge in [0.2, 0.25) is 0 Å². The molecule has 0 unspecified atom stereocenters. The largest absolute Gasteiger partial charge is 0.493 e. The van der Waals surface area contributed by atoms with Crippen LogP contribution < -0.4 is 15.7 Å². The highest BCUT2D eigenvalue weighted by Gasteiger charge is 2.15. The Balaban J connectivity index is 1.88. The zero-order valence-electron chi connectivity index (χ0n) is 13.4. The van der Waals surface area contributed by atoms with E-state index in [4.69, 9.17) is 20.8 Å². The first-order valence-electron chi connectivity index (χ1n) is 7.70. The fourth-order valence-electron chi connectivity index (χ4n) is 2.19. The van der Waals surface area contributed by atoms with E-state index in [1.807, 2.05) is 6.92 Å². The molecular weight excluding hydrogens is 344 g/mol. The number of ether oxygens (including phenoxy) is 1. The standard InChI is InChI=1S/C18H15ClN2O4/c1-2-7-24-13-5-3-11-8-14(18(23)25-15(11)9-13)17(22)21-16-6-4-12(19)10-20-16/h3-6,8-10H,2,7H2,1H3,(H,20,21,22). The lowest BCUT2D eigenvalue weighted by atomic mass is 10.1. The summed E-state index contributed by atoms with van der Waals surface area (Å²) in [6.07, 6.45) is 2.28. The number of amides is 1. The molecule has 0 atom stereocenters. The summed E-state index contributed by atoms with van der Waals surface area (Å²) < 4.78 is 10.8. The van der Waals surface area contributed by atoms with Gasteiger partial charge in [0.05, 0.1) is 11.6 Å². The second-order valence-electron chi connectivity index (χ2n) is 5.31. The van der Waals surface area contributed by atoms with Crippen molar-refractivity contribution in [2.24, 2.45) is 0 Å². The quantitative estimate of drug-likeness (QED) is 0.700. The fraction of sp³-hybridized carbons (Fsp3) is 0.167. The number of nitrogens with zero attached hydrogens (tertiary/aromatic N) is 1. The van der Waals surface area contributed by atoms with Gasteiger partial charge in [0.25, 0.3) is 5.91 Å². The van der Waals surface area contributed by atoms with Crippen molar-refractivity contribution in [1.82, 2.24) is 4.98 Å². The monoisotopic (exact) mass is 358 g/mol. The summed E-state index contributed by atoms with van der Waals surface area (Å²) in [6.45, 7) is 2.58. The topological polar surface area (TPSA) is 81.4 Å². The van der Waals surface area contributed by atoms with Crippen molar-refractivity contribution in [3.8, 4) is 5.75 Å². The SMILES string of the molecule is CCCOc1ccc2cc(C(=O)Nc3ccc(Cl)cn3)c(=O)oc2c1. The van der Waals surface area contributed by atoms with Gasteiger partial charge in [-0.15, -0.1) is 0 Å². The van der Waals surface area contributed by atoms with Crippen molar-refractivity contribution in [3.63, 3.8) is 0 Å². The molecule has 0 spiro atoms. The normalized spacial score (nSPS) is 10.6. The fourth-order valence-corrected chi connectivity index (χ4v) is 2.30. The molecule has 3 aromatic rings. The first-order valence-corrected chi connectivity index (χ1v) is 8.08. The van der Waals surface area contributed by atoms with Gasteiger partial charge in [-0.25, -0.2) is 9.78 Å². The predicted octanol–water partition coefficient (Wildman–Crippen LogP) is 3.88. The van der Waals surface area contributed by atoms with Crippen LogP contribution in [0.5, 0.6) is 5.75 Å². The van der Waals surface area contributed by atoms with Crippen LogP contribution >= 0.6 is 11.6 Å². The zero-order valence-corrected chi connectivity index (χ0v) is 14.2. The number of hydrogen-bond acceptors (Lipinski definition) is 5. The molecule has 6 nitrogen and oxygen atoms in total. The Morgan fingerprint density at radius 2 is 2.12 bits per heavy atom. The summed E-state index contributed by atoms with van der Waals surface area (Å²) in [4.78, 5) is 28.4. The Kier molecular flexibility index (Phi) is 5.00. The van der Waals surface area contributed by atoms with E-state index in [2.05, 4.69) is 10.3 Å². The van der Waals surface area contributed by atoms with Crippen molar-refractivity contribution in [1.29, 1.82) is 0 Å². The molecule has 0 radical (unpaired) electrons. The highest BCUT2D eigenvalue weighted by molar-refractivity contribution is 6.30. The smallest absolute Gasteiger partial charge is 0.349 e. The molecular formula is C18H15ClN2O4. The molecule has 2 heterocycles. The third kappa shape index (κ3) is 3.97. The number of carbonyl (C=O) groups excluding carboxylic acids is 1. The van der Waals surface area contributed by atoms with E-state index >= 15 is 0 Å². The van der Waals surface area contributed by atoms with E-state index in [0.717, 1.165) is 6.42 Å². The molecule has 0 fully saturated rings. The summed E-state index contributed by atoms with van der Waals surface area (Å²) in [5.41, 5.74) is -0.474. The maximum Gasteiger partial charge on any atom is 0.349 e. The number of pyridine rings is 1. The van der Waals surface area contributed by atoms with Crippen LogP contribution in [0, 0.1) is 0 Å². The molecule has 1 aromatic carbocycles. The minimum absolute atomic E-state index is 0.105. The molecule has 7 heteroatoms. The first-order chi connectivity index (χ1) is 12.1. The maximum absolute atomic E-state index is 12.3. The molecule has 0 saturated carbocycles. The molecule has 0 aliphatic carbocycles. The van der Waals surface area contributed by atoms with Crippen molar-refractivity contribution in [2.45, 2.75) is 13.3 Å². The van der Waals surface area contributed by atoms with E-state index in [9.17, 15) is 9.59 Å². The van der Waals surface area contributed by atoms with Gasteiger partial charge in [0.15, 0.2) is 0 Å².